The van der Waals surface area contributed by atoms with Gasteiger partial charge in [-0.1, -0.05) is 19.1 Å². The largest absolute Gasteiger partial charge is 0.494 e. The van der Waals surface area contributed by atoms with Crippen molar-refractivity contribution < 1.29 is 9.53 Å². The molecule has 0 atom stereocenters. The van der Waals surface area contributed by atoms with Gasteiger partial charge in [0.2, 0.25) is 0 Å². The number of hydrogen-bond donors (Lipinski definition) is 1. The van der Waals surface area contributed by atoms with Crippen molar-refractivity contribution in [2.45, 2.75) is 20.3 Å². The van der Waals surface area contributed by atoms with Gasteiger partial charge < -0.3 is 10.1 Å². The minimum atomic E-state index is -0.136. The van der Waals surface area contributed by atoms with E-state index in [0.29, 0.717) is 12.2 Å². The normalized spacial score (nSPS) is 10.5. The summed E-state index contributed by atoms with van der Waals surface area (Å²) in [6.07, 6.45) is 0.938. The van der Waals surface area contributed by atoms with E-state index in [1.807, 2.05) is 60.8 Å². The molecule has 25 heavy (non-hydrogen) atoms. The van der Waals surface area contributed by atoms with Gasteiger partial charge in [-0.25, -0.2) is 4.98 Å². The van der Waals surface area contributed by atoms with Crippen LogP contribution >= 0.6 is 11.3 Å². The quantitative estimate of drug-likeness (QED) is 0.677. The Morgan fingerprint density at radius 2 is 1.80 bits per heavy atom. The van der Waals surface area contributed by atoms with Crippen molar-refractivity contribution >= 4 is 22.9 Å². The minimum absolute atomic E-state index is 0.136. The number of carbonyl (C=O) groups excluding carboxylic acids is 1. The summed E-state index contributed by atoms with van der Waals surface area (Å²) >= 11 is 1.66. The first-order valence-electron chi connectivity index (χ1n) is 8.28. The van der Waals surface area contributed by atoms with E-state index >= 15 is 0 Å². The summed E-state index contributed by atoms with van der Waals surface area (Å²) in [7, 11) is 0. The Labute approximate surface area is 151 Å². The number of rotatable bonds is 6. The molecule has 1 amide bonds. The van der Waals surface area contributed by atoms with Crippen molar-refractivity contribution in [1.29, 1.82) is 0 Å². The summed E-state index contributed by atoms with van der Waals surface area (Å²) in [5, 5.41) is 6.06. The molecule has 0 fully saturated rings. The fraction of sp³-hybridized carbons (Fsp3) is 0.200. The van der Waals surface area contributed by atoms with Gasteiger partial charge >= 0.3 is 0 Å². The lowest BCUT2D eigenvalue weighted by molar-refractivity contribution is 0.102. The van der Waals surface area contributed by atoms with Crippen LogP contribution in [0.1, 0.15) is 29.2 Å². The van der Waals surface area contributed by atoms with E-state index in [9.17, 15) is 4.79 Å². The molecule has 3 aromatic rings. The second-order valence-electron chi connectivity index (χ2n) is 5.47. The van der Waals surface area contributed by atoms with Gasteiger partial charge in [0.25, 0.3) is 5.91 Å². The van der Waals surface area contributed by atoms with Crippen LogP contribution in [-0.2, 0) is 6.42 Å². The Bertz CT molecular complexity index is 839. The van der Waals surface area contributed by atoms with E-state index in [2.05, 4.69) is 17.2 Å². The number of anilines is 1. The Hall–Kier alpha value is -2.66. The second kappa shape index (κ2) is 7.94. The molecule has 3 rings (SSSR count). The zero-order valence-electron chi connectivity index (χ0n) is 14.3. The van der Waals surface area contributed by atoms with Crippen LogP contribution < -0.4 is 10.1 Å². The molecular formula is C20H20N2O2S. The maximum absolute atomic E-state index is 12.4. The highest BCUT2D eigenvalue weighted by atomic mass is 32.1. The van der Waals surface area contributed by atoms with E-state index in [-0.39, 0.29) is 5.91 Å². The summed E-state index contributed by atoms with van der Waals surface area (Å²) in [6.45, 7) is 4.65. The molecular weight excluding hydrogens is 332 g/mol. The Morgan fingerprint density at radius 3 is 2.40 bits per heavy atom. The third kappa shape index (κ3) is 4.25. The Kier molecular flexibility index (Phi) is 5.46. The van der Waals surface area contributed by atoms with Crippen LogP contribution in [0.3, 0.4) is 0 Å². The van der Waals surface area contributed by atoms with Gasteiger partial charge in [0.1, 0.15) is 5.75 Å². The molecule has 1 N–H and O–H groups in total. The summed E-state index contributed by atoms with van der Waals surface area (Å²) in [6, 6.07) is 14.9. The van der Waals surface area contributed by atoms with Gasteiger partial charge in [-0.3, -0.25) is 4.79 Å². The zero-order chi connectivity index (χ0) is 17.6. The monoisotopic (exact) mass is 352 g/mol. The SMILES string of the molecule is CCOc1ccc(NC(=O)c2ccc(-c3csc(CC)n3)cc2)cc1. The van der Waals surface area contributed by atoms with Gasteiger partial charge in [-0.2, -0.15) is 0 Å². The molecule has 0 aliphatic carbocycles. The molecule has 2 aromatic carbocycles. The number of amides is 1. The maximum atomic E-state index is 12.4. The second-order valence-corrected chi connectivity index (χ2v) is 6.41. The number of carbonyl (C=O) groups is 1. The van der Waals surface area contributed by atoms with Gasteiger partial charge in [0, 0.05) is 22.2 Å². The first-order valence-corrected chi connectivity index (χ1v) is 9.16. The molecule has 1 heterocycles. The van der Waals surface area contributed by atoms with Crippen LogP contribution in [0, 0.1) is 0 Å². The van der Waals surface area contributed by atoms with Crippen LogP contribution in [0.25, 0.3) is 11.3 Å². The van der Waals surface area contributed by atoms with E-state index < -0.39 is 0 Å². The highest BCUT2D eigenvalue weighted by molar-refractivity contribution is 7.09. The third-order valence-electron chi connectivity index (χ3n) is 3.72. The number of benzene rings is 2. The lowest BCUT2D eigenvalue weighted by Gasteiger charge is -2.07. The summed E-state index contributed by atoms with van der Waals surface area (Å²) in [4.78, 5) is 16.9. The number of ether oxygens (including phenoxy) is 1. The van der Waals surface area contributed by atoms with Crippen molar-refractivity contribution in [3.05, 3.63) is 64.5 Å². The fourth-order valence-electron chi connectivity index (χ4n) is 2.40. The molecule has 128 valence electrons. The van der Waals surface area contributed by atoms with E-state index in [1.165, 1.54) is 0 Å². The Balaban J connectivity index is 1.67. The first kappa shape index (κ1) is 17.2. The molecule has 0 bridgehead atoms. The summed E-state index contributed by atoms with van der Waals surface area (Å²) in [5.41, 5.74) is 3.34. The van der Waals surface area contributed by atoms with E-state index in [4.69, 9.17) is 4.74 Å². The first-order chi connectivity index (χ1) is 12.2. The van der Waals surface area contributed by atoms with Crippen molar-refractivity contribution in [3.63, 3.8) is 0 Å². The third-order valence-corrected chi connectivity index (χ3v) is 4.71. The maximum Gasteiger partial charge on any atom is 0.255 e. The van der Waals surface area contributed by atoms with E-state index in [0.717, 1.165) is 34.1 Å². The molecule has 0 aliphatic rings. The van der Waals surface area contributed by atoms with Crippen LogP contribution in [0.2, 0.25) is 0 Å². The number of aryl methyl sites for hydroxylation is 1. The molecule has 0 saturated carbocycles. The predicted molar refractivity (Wildman–Crippen MR) is 102 cm³/mol. The average molecular weight is 352 g/mol. The van der Waals surface area contributed by atoms with Crippen LogP contribution in [0.4, 0.5) is 5.69 Å². The van der Waals surface area contributed by atoms with Gasteiger partial charge in [0.15, 0.2) is 0 Å². The lowest BCUT2D eigenvalue weighted by atomic mass is 10.1. The van der Waals surface area contributed by atoms with Crippen molar-refractivity contribution in [3.8, 4) is 17.0 Å². The standard InChI is InChI=1S/C20H20N2O2S/c1-3-19-22-18(13-25-19)14-5-7-15(8-6-14)20(23)21-16-9-11-17(12-10-16)24-4-2/h5-13H,3-4H2,1-2H3,(H,21,23). The summed E-state index contributed by atoms with van der Waals surface area (Å²) < 4.78 is 5.40. The molecule has 1 aromatic heterocycles. The fourth-order valence-corrected chi connectivity index (χ4v) is 3.16. The number of aromatic nitrogens is 1. The molecule has 0 unspecified atom stereocenters. The smallest absolute Gasteiger partial charge is 0.255 e. The molecule has 0 saturated heterocycles. The van der Waals surface area contributed by atoms with Gasteiger partial charge in [-0.15, -0.1) is 11.3 Å². The lowest BCUT2D eigenvalue weighted by Crippen LogP contribution is -2.11. The van der Waals surface area contributed by atoms with Crippen LogP contribution in [0.15, 0.2) is 53.9 Å². The topological polar surface area (TPSA) is 51.2 Å². The summed E-state index contributed by atoms with van der Waals surface area (Å²) in [5.74, 6) is 0.655. The average Bonchev–Trinajstić information content (AvgIpc) is 3.13. The van der Waals surface area contributed by atoms with E-state index in [1.54, 1.807) is 11.3 Å². The molecule has 0 aliphatic heterocycles. The number of thiazole rings is 1. The molecule has 0 spiro atoms. The highest BCUT2D eigenvalue weighted by Gasteiger charge is 2.08. The number of nitrogens with one attached hydrogen (secondary N) is 1. The van der Waals surface area contributed by atoms with Crippen molar-refractivity contribution in [2.24, 2.45) is 0 Å². The van der Waals surface area contributed by atoms with Crippen LogP contribution in [-0.4, -0.2) is 17.5 Å². The predicted octanol–water partition coefficient (Wildman–Crippen LogP) is 5.02. The van der Waals surface area contributed by atoms with Crippen molar-refractivity contribution in [1.82, 2.24) is 4.98 Å². The number of hydrogen-bond acceptors (Lipinski definition) is 4. The molecule has 0 radical (unpaired) electrons. The minimum Gasteiger partial charge on any atom is -0.494 e. The van der Waals surface area contributed by atoms with Crippen LogP contribution in [0.5, 0.6) is 5.75 Å². The Morgan fingerprint density at radius 1 is 1.08 bits per heavy atom. The molecule has 4 nitrogen and oxygen atoms in total. The zero-order valence-corrected chi connectivity index (χ0v) is 15.1. The molecule has 5 heteroatoms. The highest BCUT2D eigenvalue weighted by Crippen LogP contribution is 2.23. The van der Waals surface area contributed by atoms with Gasteiger partial charge in [0.05, 0.1) is 17.3 Å². The van der Waals surface area contributed by atoms with Crippen molar-refractivity contribution in [2.75, 3.05) is 11.9 Å². The van der Waals surface area contributed by atoms with Gasteiger partial charge in [-0.05, 0) is 49.7 Å². The number of nitrogens with zero attached hydrogens (tertiary/aromatic N) is 1.